The van der Waals surface area contributed by atoms with Crippen LogP contribution in [0.2, 0.25) is 0 Å². The lowest BCUT2D eigenvalue weighted by molar-refractivity contribution is -0.299. The van der Waals surface area contributed by atoms with Gasteiger partial charge in [-0.1, -0.05) is 13.8 Å². The number of carbonyl (C=O) groups excluding carboxylic acids is 2. The summed E-state index contributed by atoms with van der Waals surface area (Å²) >= 11 is 0. The second-order valence-electron chi connectivity index (χ2n) is 4.04. The fourth-order valence-electron chi connectivity index (χ4n) is 0.695. The van der Waals surface area contributed by atoms with Crippen LogP contribution in [0.5, 0.6) is 0 Å². The molecule has 0 saturated carbocycles. The zero-order valence-corrected chi connectivity index (χ0v) is 11.4. The Hall–Kier alpha value is -1.14. The maximum Gasteiger partial charge on any atom is 0.342 e. The quantitative estimate of drug-likeness (QED) is 0.469. The SMILES string of the molecule is CCC(C)OOC(=O)CCC(=O)OOC(C)CC. The van der Waals surface area contributed by atoms with E-state index in [0.29, 0.717) is 0 Å². The third kappa shape index (κ3) is 8.95. The lowest BCUT2D eigenvalue weighted by Gasteiger charge is -2.09. The van der Waals surface area contributed by atoms with Crippen molar-refractivity contribution in [2.45, 2.75) is 65.6 Å². The average Bonchev–Trinajstić information content (AvgIpc) is 2.39. The van der Waals surface area contributed by atoms with E-state index >= 15 is 0 Å². The van der Waals surface area contributed by atoms with Crippen molar-refractivity contribution in [3.63, 3.8) is 0 Å². The van der Waals surface area contributed by atoms with Gasteiger partial charge in [0.1, 0.15) is 12.2 Å². The van der Waals surface area contributed by atoms with Gasteiger partial charge in [0, 0.05) is 0 Å². The zero-order chi connectivity index (χ0) is 14.0. The van der Waals surface area contributed by atoms with Crippen LogP contribution in [0.15, 0.2) is 0 Å². The first kappa shape index (κ1) is 16.9. The van der Waals surface area contributed by atoms with Crippen LogP contribution in [0.1, 0.15) is 53.4 Å². The first-order valence-electron chi connectivity index (χ1n) is 6.21. The largest absolute Gasteiger partial charge is 0.342 e. The fraction of sp³-hybridized carbons (Fsp3) is 0.833. The maximum atomic E-state index is 11.2. The number of rotatable bonds is 9. The molecule has 0 rings (SSSR count). The molecule has 2 atom stereocenters. The van der Waals surface area contributed by atoms with E-state index in [2.05, 4.69) is 9.78 Å². The Balaban J connectivity index is 3.62. The first-order valence-corrected chi connectivity index (χ1v) is 6.21. The van der Waals surface area contributed by atoms with Crippen molar-refractivity contribution in [3.05, 3.63) is 0 Å². The third-order valence-electron chi connectivity index (χ3n) is 2.29. The van der Waals surface area contributed by atoms with Crippen LogP contribution in [-0.2, 0) is 29.1 Å². The molecule has 2 unspecified atom stereocenters. The molecule has 0 aliphatic rings. The fourth-order valence-corrected chi connectivity index (χ4v) is 0.695. The van der Waals surface area contributed by atoms with Crippen molar-refractivity contribution in [2.75, 3.05) is 0 Å². The van der Waals surface area contributed by atoms with E-state index in [4.69, 9.17) is 9.78 Å². The monoisotopic (exact) mass is 262 g/mol. The lowest BCUT2D eigenvalue weighted by atomic mass is 10.3. The predicted octanol–water partition coefficient (Wildman–Crippen LogP) is 2.31. The number of carbonyl (C=O) groups is 2. The summed E-state index contributed by atoms with van der Waals surface area (Å²) in [6, 6.07) is 0. The molecule has 0 N–H and O–H groups in total. The molecule has 0 fully saturated rings. The highest BCUT2D eigenvalue weighted by atomic mass is 17.2. The molecule has 0 saturated heterocycles. The van der Waals surface area contributed by atoms with Gasteiger partial charge in [-0.3, -0.25) is 9.78 Å². The Morgan fingerprint density at radius 1 is 0.833 bits per heavy atom. The summed E-state index contributed by atoms with van der Waals surface area (Å²) in [4.78, 5) is 40.9. The molecular formula is C12H22O6. The third-order valence-corrected chi connectivity index (χ3v) is 2.29. The summed E-state index contributed by atoms with van der Waals surface area (Å²) in [6.07, 6.45) is 0.957. The van der Waals surface area contributed by atoms with Crippen molar-refractivity contribution in [2.24, 2.45) is 0 Å². The molecule has 106 valence electrons. The summed E-state index contributed by atoms with van der Waals surface area (Å²) in [5.74, 6) is -1.20. The van der Waals surface area contributed by atoms with Gasteiger partial charge >= 0.3 is 11.9 Å². The summed E-state index contributed by atoms with van der Waals surface area (Å²) in [5, 5.41) is 0. The minimum atomic E-state index is -0.601. The van der Waals surface area contributed by atoms with Crippen LogP contribution in [0.3, 0.4) is 0 Å². The smallest absolute Gasteiger partial charge is 0.298 e. The predicted molar refractivity (Wildman–Crippen MR) is 63.1 cm³/mol. The van der Waals surface area contributed by atoms with E-state index in [9.17, 15) is 9.59 Å². The Labute approximate surface area is 107 Å². The molecule has 0 aromatic heterocycles. The Morgan fingerprint density at radius 3 is 1.44 bits per heavy atom. The van der Waals surface area contributed by atoms with Crippen molar-refractivity contribution >= 4 is 11.9 Å². The summed E-state index contributed by atoms with van der Waals surface area (Å²) in [7, 11) is 0. The Kier molecular flexibility index (Phi) is 9.22. The van der Waals surface area contributed by atoms with E-state index in [-0.39, 0.29) is 25.0 Å². The van der Waals surface area contributed by atoms with Gasteiger partial charge in [-0.25, -0.2) is 9.59 Å². The normalized spacial score (nSPS) is 13.8. The zero-order valence-electron chi connectivity index (χ0n) is 11.4. The highest BCUT2D eigenvalue weighted by molar-refractivity contribution is 5.76. The Morgan fingerprint density at radius 2 is 1.17 bits per heavy atom. The molecule has 0 aromatic rings. The number of hydrogen-bond acceptors (Lipinski definition) is 6. The van der Waals surface area contributed by atoms with Gasteiger partial charge in [-0.2, -0.15) is 9.78 Å². The van der Waals surface area contributed by atoms with E-state index in [1.54, 1.807) is 13.8 Å². The van der Waals surface area contributed by atoms with Crippen molar-refractivity contribution < 1.29 is 29.1 Å². The van der Waals surface area contributed by atoms with E-state index in [1.807, 2.05) is 13.8 Å². The van der Waals surface area contributed by atoms with Gasteiger partial charge in [-0.05, 0) is 26.7 Å². The molecule has 0 heterocycles. The van der Waals surface area contributed by atoms with Gasteiger partial charge in [0.05, 0.1) is 12.8 Å². The van der Waals surface area contributed by atoms with Crippen LogP contribution in [0.4, 0.5) is 0 Å². The molecule has 0 spiro atoms. The second kappa shape index (κ2) is 9.85. The van der Waals surface area contributed by atoms with Crippen LogP contribution in [-0.4, -0.2) is 24.1 Å². The topological polar surface area (TPSA) is 71.1 Å². The van der Waals surface area contributed by atoms with Crippen LogP contribution < -0.4 is 0 Å². The van der Waals surface area contributed by atoms with Gasteiger partial charge in [0.2, 0.25) is 0 Å². The summed E-state index contributed by atoms with van der Waals surface area (Å²) < 4.78 is 0. The van der Waals surface area contributed by atoms with Crippen LogP contribution in [0.25, 0.3) is 0 Å². The van der Waals surface area contributed by atoms with Crippen LogP contribution >= 0.6 is 0 Å². The van der Waals surface area contributed by atoms with E-state index in [1.165, 1.54) is 0 Å². The molecular weight excluding hydrogens is 240 g/mol. The number of hydrogen-bond donors (Lipinski definition) is 0. The van der Waals surface area contributed by atoms with Crippen LogP contribution in [0, 0.1) is 0 Å². The van der Waals surface area contributed by atoms with Gasteiger partial charge in [0.15, 0.2) is 0 Å². The minimum Gasteiger partial charge on any atom is -0.298 e. The standard InChI is InChI=1S/C12H22O6/c1-5-9(3)15-17-11(13)7-8-12(14)18-16-10(4)6-2/h9-10H,5-8H2,1-4H3. The molecule has 0 aliphatic carbocycles. The molecule has 6 nitrogen and oxygen atoms in total. The van der Waals surface area contributed by atoms with E-state index < -0.39 is 11.9 Å². The Bertz CT molecular complexity index is 227. The molecule has 6 heteroatoms. The molecule has 0 radical (unpaired) electrons. The highest BCUT2D eigenvalue weighted by Crippen LogP contribution is 2.03. The van der Waals surface area contributed by atoms with Crippen molar-refractivity contribution in [1.29, 1.82) is 0 Å². The maximum absolute atomic E-state index is 11.2. The minimum absolute atomic E-state index is 0.0981. The van der Waals surface area contributed by atoms with Gasteiger partial charge in [-0.15, -0.1) is 0 Å². The lowest BCUT2D eigenvalue weighted by Crippen LogP contribution is -2.16. The molecule has 0 bridgehead atoms. The highest BCUT2D eigenvalue weighted by Gasteiger charge is 2.13. The van der Waals surface area contributed by atoms with E-state index in [0.717, 1.165) is 12.8 Å². The average molecular weight is 262 g/mol. The molecule has 0 amide bonds. The van der Waals surface area contributed by atoms with Gasteiger partial charge in [0.25, 0.3) is 0 Å². The van der Waals surface area contributed by atoms with Crippen molar-refractivity contribution in [1.82, 2.24) is 0 Å². The molecule has 0 aliphatic heterocycles. The molecule has 0 aromatic carbocycles. The summed E-state index contributed by atoms with van der Waals surface area (Å²) in [5.41, 5.74) is 0. The second-order valence-corrected chi connectivity index (χ2v) is 4.04. The first-order chi connectivity index (χ1) is 8.49. The molecule has 18 heavy (non-hydrogen) atoms. The summed E-state index contributed by atoms with van der Waals surface area (Å²) in [6.45, 7) is 7.37. The van der Waals surface area contributed by atoms with Crippen molar-refractivity contribution in [3.8, 4) is 0 Å². The van der Waals surface area contributed by atoms with Gasteiger partial charge < -0.3 is 0 Å².